The van der Waals surface area contributed by atoms with E-state index in [4.69, 9.17) is 4.98 Å². The van der Waals surface area contributed by atoms with Crippen molar-refractivity contribution in [2.45, 2.75) is 110 Å². The van der Waals surface area contributed by atoms with Crippen LogP contribution >= 0.6 is 11.3 Å². The molecule has 2 amide bonds. The lowest BCUT2D eigenvalue weighted by Gasteiger charge is -2.39. The summed E-state index contributed by atoms with van der Waals surface area (Å²) in [5, 5.41) is 5.24. The fourth-order valence-corrected chi connectivity index (χ4v) is 7.81. The molecule has 1 aromatic carbocycles. The summed E-state index contributed by atoms with van der Waals surface area (Å²) in [4.78, 5) is 38.4. The molecule has 3 aromatic rings. The van der Waals surface area contributed by atoms with Gasteiger partial charge in [-0.1, -0.05) is 46.6 Å². The number of piperidine rings is 1. The summed E-state index contributed by atoms with van der Waals surface area (Å²) in [5.74, 6) is 1.20. The second kappa shape index (κ2) is 14.8. The fourth-order valence-electron chi connectivity index (χ4n) is 7.11. The van der Waals surface area contributed by atoms with Gasteiger partial charge in [-0.15, -0.1) is 11.3 Å². The van der Waals surface area contributed by atoms with Gasteiger partial charge in [0.2, 0.25) is 5.91 Å². The van der Waals surface area contributed by atoms with Crippen molar-refractivity contribution in [3.63, 3.8) is 0 Å². The molecule has 0 radical (unpaired) electrons. The molecule has 2 aliphatic heterocycles. The zero-order chi connectivity index (χ0) is 30.3. The molecule has 43 heavy (non-hydrogen) atoms. The first-order chi connectivity index (χ1) is 20.9. The molecule has 7 nitrogen and oxygen atoms in total. The lowest BCUT2D eigenvalue weighted by atomic mass is 9.98. The Hall–Kier alpha value is -2.71. The number of imidazole rings is 1. The number of fused-ring (bicyclic) bond motifs is 1. The lowest BCUT2D eigenvalue weighted by Crippen LogP contribution is -2.53. The highest BCUT2D eigenvalue weighted by Gasteiger charge is 2.32. The maximum Gasteiger partial charge on any atom is 0.252 e. The average molecular weight is 606 g/mol. The van der Waals surface area contributed by atoms with E-state index in [0.717, 1.165) is 62.1 Å². The normalized spacial score (nSPS) is 18.0. The van der Waals surface area contributed by atoms with Gasteiger partial charge in [-0.05, 0) is 93.6 Å². The second-order valence-electron chi connectivity index (χ2n) is 13.0. The van der Waals surface area contributed by atoms with Crippen LogP contribution in [0.4, 0.5) is 0 Å². The number of amides is 2. The van der Waals surface area contributed by atoms with Gasteiger partial charge in [0.25, 0.3) is 5.91 Å². The van der Waals surface area contributed by atoms with Crippen molar-refractivity contribution in [3.05, 3.63) is 52.0 Å². The molecule has 0 bridgehead atoms. The van der Waals surface area contributed by atoms with Gasteiger partial charge in [0.05, 0.1) is 11.0 Å². The summed E-state index contributed by atoms with van der Waals surface area (Å²) in [5.41, 5.74) is 2.47. The molecule has 5 rings (SSSR count). The van der Waals surface area contributed by atoms with Crippen molar-refractivity contribution < 1.29 is 9.59 Å². The minimum absolute atomic E-state index is 0.0636. The van der Waals surface area contributed by atoms with Crippen molar-refractivity contribution in [2.75, 3.05) is 26.2 Å². The number of carbonyl (C=O) groups is 2. The standard InChI is InChI=1S/C35H51N5O2S/c1-5-27(6-2)40-32-14-13-26(23-30(32)36-33(40)24-29-12-11-21-43-29)34(41)37-31(22-25(3)4)35(42)39-19-15-28(16-20-39)38-17-9-7-8-10-18-38/h11-14,21,23,25,27-28,31H,5-10,15-20,22,24H2,1-4H3,(H,37,41)/t31-/m0/s1. The first kappa shape index (κ1) is 31.7. The van der Waals surface area contributed by atoms with E-state index in [2.05, 4.69) is 60.0 Å². The summed E-state index contributed by atoms with van der Waals surface area (Å²) >= 11 is 1.75. The van der Waals surface area contributed by atoms with Gasteiger partial charge in [0, 0.05) is 42.0 Å². The Morgan fingerprint density at radius 3 is 2.35 bits per heavy atom. The predicted octanol–water partition coefficient (Wildman–Crippen LogP) is 7.06. The summed E-state index contributed by atoms with van der Waals surface area (Å²) in [6.07, 6.45) is 10.8. The molecule has 1 atom stereocenters. The highest BCUT2D eigenvalue weighted by atomic mass is 32.1. The predicted molar refractivity (Wildman–Crippen MR) is 177 cm³/mol. The van der Waals surface area contributed by atoms with Crippen LogP contribution in [0.15, 0.2) is 35.7 Å². The van der Waals surface area contributed by atoms with E-state index in [1.54, 1.807) is 11.3 Å². The van der Waals surface area contributed by atoms with E-state index in [-0.39, 0.29) is 11.8 Å². The Bertz CT molecular complexity index is 1330. The van der Waals surface area contributed by atoms with Crippen molar-refractivity contribution >= 4 is 34.2 Å². The largest absolute Gasteiger partial charge is 0.341 e. The number of nitrogens with zero attached hydrogens (tertiary/aromatic N) is 4. The molecule has 1 N–H and O–H groups in total. The summed E-state index contributed by atoms with van der Waals surface area (Å²) in [6, 6.07) is 10.5. The number of thiophene rings is 1. The number of aromatic nitrogens is 2. The van der Waals surface area contributed by atoms with Crippen LogP contribution in [0.2, 0.25) is 0 Å². The number of likely N-dealkylation sites (tertiary alicyclic amines) is 2. The third-order valence-corrected chi connectivity index (χ3v) is 10.4. The van der Waals surface area contributed by atoms with Gasteiger partial charge >= 0.3 is 0 Å². The van der Waals surface area contributed by atoms with Crippen LogP contribution in [0.3, 0.4) is 0 Å². The monoisotopic (exact) mass is 605 g/mol. The smallest absolute Gasteiger partial charge is 0.252 e. The Kier molecular flexibility index (Phi) is 10.9. The molecule has 2 aromatic heterocycles. The highest BCUT2D eigenvalue weighted by Crippen LogP contribution is 2.29. The molecule has 4 heterocycles. The molecule has 2 fully saturated rings. The molecule has 0 aliphatic carbocycles. The number of hydrogen-bond acceptors (Lipinski definition) is 5. The molecule has 0 spiro atoms. The molecule has 8 heteroatoms. The zero-order valence-corrected chi connectivity index (χ0v) is 27.5. The van der Waals surface area contributed by atoms with Crippen LogP contribution in [0, 0.1) is 5.92 Å². The summed E-state index contributed by atoms with van der Waals surface area (Å²) in [7, 11) is 0. The van der Waals surface area contributed by atoms with Crippen molar-refractivity contribution in [1.29, 1.82) is 0 Å². The van der Waals surface area contributed by atoms with E-state index in [0.29, 0.717) is 30.0 Å². The number of rotatable bonds is 11. The van der Waals surface area contributed by atoms with Gasteiger partial charge in [0.15, 0.2) is 0 Å². The van der Waals surface area contributed by atoms with Crippen LogP contribution in [-0.2, 0) is 11.2 Å². The minimum atomic E-state index is -0.519. The summed E-state index contributed by atoms with van der Waals surface area (Å²) in [6.45, 7) is 12.6. The molecular weight excluding hydrogens is 554 g/mol. The molecule has 2 aliphatic rings. The number of carbonyl (C=O) groups excluding carboxylic acids is 2. The second-order valence-corrected chi connectivity index (χ2v) is 14.0. The number of hydrogen-bond donors (Lipinski definition) is 1. The van der Waals surface area contributed by atoms with Gasteiger partial charge in [0.1, 0.15) is 11.9 Å². The van der Waals surface area contributed by atoms with Crippen molar-refractivity contribution in [1.82, 2.24) is 24.7 Å². The van der Waals surface area contributed by atoms with E-state index in [1.165, 1.54) is 43.6 Å². The average Bonchev–Trinajstić information content (AvgIpc) is 3.55. The molecular formula is C35H51N5O2S. The Labute approximate surface area is 262 Å². The van der Waals surface area contributed by atoms with Crippen LogP contribution in [0.1, 0.15) is 113 Å². The first-order valence-corrected chi connectivity index (χ1v) is 17.6. The highest BCUT2D eigenvalue weighted by molar-refractivity contribution is 7.09. The Morgan fingerprint density at radius 2 is 1.72 bits per heavy atom. The van der Waals surface area contributed by atoms with Crippen LogP contribution < -0.4 is 5.32 Å². The quantitative estimate of drug-likeness (QED) is 0.254. The zero-order valence-electron chi connectivity index (χ0n) is 26.7. The SMILES string of the molecule is CCC(CC)n1c(Cc2cccs2)nc2cc(C(=O)N[C@@H](CC(C)C)C(=O)N3CCC(N4CCCCCC4)CC3)ccc21. The number of nitrogens with one attached hydrogen (secondary N) is 1. The summed E-state index contributed by atoms with van der Waals surface area (Å²) < 4.78 is 2.37. The molecule has 0 saturated carbocycles. The number of benzene rings is 1. The third-order valence-electron chi connectivity index (χ3n) is 9.49. The van der Waals surface area contributed by atoms with E-state index in [9.17, 15) is 9.59 Å². The van der Waals surface area contributed by atoms with E-state index in [1.807, 2.05) is 23.1 Å². The molecule has 234 valence electrons. The van der Waals surface area contributed by atoms with E-state index >= 15 is 0 Å². The topological polar surface area (TPSA) is 70.5 Å². The van der Waals surface area contributed by atoms with E-state index < -0.39 is 6.04 Å². The maximum atomic E-state index is 13.8. The van der Waals surface area contributed by atoms with Crippen molar-refractivity contribution in [3.8, 4) is 0 Å². The van der Waals surface area contributed by atoms with Gasteiger partial charge in [-0.25, -0.2) is 4.98 Å². The van der Waals surface area contributed by atoms with Crippen LogP contribution in [0.5, 0.6) is 0 Å². The third kappa shape index (κ3) is 7.69. The Morgan fingerprint density at radius 1 is 1.00 bits per heavy atom. The van der Waals surface area contributed by atoms with Gasteiger partial charge < -0.3 is 19.7 Å². The lowest BCUT2D eigenvalue weighted by molar-refractivity contribution is -0.135. The van der Waals surface area contributed by atoms with Crippen molar-refractivity contribution in [2.24, 2.45) is 5.92 Å². The van der Waals surface area contributed by atoms with Crippen LogP contribution in [0.25, 0.3) is 11.0 Å². The maximum absolute atomic E-state index is 13.8. The minimum Gasteiger partial charge on any atom is -0.341 e. The Balaban J connectivity index is 1.30. The first-order valence-electron chi connectivity index (χ1n) is 16.7. The van der Waals surface area contributed by atoms with Gasteiger partial charge in [-0.2, -0.15) is 0 Å². The van der Waals surface area contributed by atoms with Gasteiger partial charge in [-0.3, -0.25) is 9.59 Å². The molecule has 0 unspecified atom stereocenters. The molecule has 2 saturated heterocycles. The fraction of sp³-hybridized carbons (Fsp3) is 0.629. The van der Waals surface area contributed by atoms with Crippen LogP contribution in [-0.4, -0.2) is 69.4 Å².